The molecule has 0 aromatic heterocycles. The van der Waals surface area contributed by atoms with E-state index >= 15 is 0 Å². The van der Waals surface area contributed by atoms with Crippen molar-refractivity contribution in [2.75, 3.05) is 85.8 Å². The number of hydrogen-bond donors (Lipinski definition) is 1. The molecule has 2 heterocycles. The molecule has 0 aliphatic carbocycles. The first-order valence-corrected chi connectivity index (χ1v) is 8.26. The highest BCUT2D eigenvalue weighted by molar-refractivity contribution is 5.80. The molecule has 2 saturated heterocycles. The maximum absolute atomic E-state index is 12.3. The predicted molar refractivity (Wildman–Crippen MR) is 85.2 cm³/mol. The van der Waals surface area contributed by atoms with Crippen LogP contribution >= 0.6 is 0 Å². The molecule has 8 heteroatoms. The summed E-state index contributed by atoms with van der Waals surface area (Å²) >= 11 is 0. The van der Waals surface area contributed by atoms with Gasteiger partial charge in [0.25, 0.3) is 0 Å². The van der Waals surface area contributed by atoms with Crippen LogP contribution in [0.15, 0.2) is 0 Å². The third-order valence-corrected chi connectivity index (χ3v) is 4.21. The van der Waals surface area contributed by atoms with Gasteiger partial charge in [0.15, 0.2) is 0 Å². The van der Waals surface area contributed by atoms with Crippen LogP contribution in [-0.2, 0) is 19.1 Å². The summed E-state index contributed by atoms with van der Waals surface area (Å²) in [7, 11) is 1.64. The number of morpholine rings is 1. The van der Waals surface area contributed by atoms with Crippen molar-refractivity contribution >= 4 is 11.8 Å². The summed E-state index contributed by atoms with van der Waals surface area (Å²) in [6, 6.07) is 0. The first kappa shape index (κ1) is 18.1. The minimum absolute atomic E-state index is 0.0846. The van der Waals surface area contributed by atoms with Crippen molar-refractivity contribution < 1.29 is 19.1 Å². The van der Waals surface area contributed by atoms with E-state index in [1.807, 2.05) is 9.80 Å². The monoisotopic (exact) mass is 328 g/mol. The van der Waals surface area contributed by atoms with Gasteiger partial charge in [0.2, 0.25) is 11.8 Å². The standard InChI is InChI=1S/C15H28N4O4/c1-22-9-2-16-12-14(20)18-3-5-19(6-4-18)15(21)13-17-7-10-23-11-8-17/h16H,2-13H2,1H3. The van der Waals surface area contributed by atoms with Crippen molar-refractivity contribution in [1.82, 2.24) is 20.0 Å². The summed E-state index contributed by atoms with van der Waals surface area (Å²) in [5, 5.41) is 3.06. The zero-order valence-corrected chi connectivity index (χ0v) is 14.0. The van der Waals surface area contributed by atoms with Crippen LogP contribution in [0.25, 0.3) is 0 Å². The fourth-order valence-electron chi connectivity index (χ4n) is 2.74. The van der Waals surface area contributed by atoms with Gasteiger partial charge in [-0.1, -0.05) is 0 Å². The number of piperazine rings is 1. The third-order valence-electron chi connectivity index (χ3n) is 4.21. The van der Waals surface area contributed by atoms with Crippen LogP contribution in [0.5, 0.6) is 0 Å². The van der Waals surface area contributed by atoms with Gasteiger partial charge < -0.3 is 24.6 Å². The number of hydrogen-bond acceptors (Lipinski definition) is 6. The van der Waals surface area contributed by atoms with E-state index in [9.17, 15) is 9.59 Å². The number of rotatable bonds is 7. The molecule has 2 rings (SSSR count). The fraction of sp³-hybridized carbons (Fsp3) is 0.867. The van der Waals surface area contributed by atoms with Crippen LogP contribution < -0.4 is 5.32 Å². The number of amides is 2. The average Bonchev–Trinajstić information content (AvgIpc) is 2.59. The summed E-state index contributed by atoms with van der Waals surface area (Å²) in [5.74, 6) is 0.235. The molecule has 0 aromatic carbocycles. The van der Waals surface area contributed by atoms with Crippen LogP contribution in [0.3, 0.4) is 0 Å². The molecule has 2 fully saturated rings. The molecule has 23 heavy (non-hydrogen) atoms. The summed E-state index contributed by atoms with van der Waals surface area (Å²) in [4.78, 5) is 30.2. The number of ether oxygens (including phenoxy) is 2. The SMILES string of the molecule is COCCNCC(=O)N1CCN(C(=O)CN2CCOCC2)CC1. The van der Waals surface area contributed by atoms with E-state index in [4.69, 9.17) is 9.47 Å². The van der Waals surface area contributed by atoms with E-state index in [0.717, 1.165) is 13.1 Å². The van der Waals surface area contributed by atoms with E-state index < -0.39 is 0 Å². The minimum Gasteiger partial charge on any atom is -0.383 e. The Morgan fingerprint density at radius 2 is 1.61 bits per heavy atom. The Labute approximate surface area is 137 Å². The second-order valence-electron chi connectivity index (χ2n) is 5.82. The van der Waals surface area contributed by atoms with Gasteiger partial charge in [-0.05, 0) is 0 Å². The van der Waals surface area contributed by atoms with Gasteiger partial charge >= 0.3 is 0 Å². The molecule has 0 bridgehead atoms. The number of nitrogens with one attached hydrogen (secondary N) is 1. The van der Waals surface area contributed by atoms with Gasteiger partial charge in [0, 0.05) is 52.9 Å². The van der Waals surface area contributed by atoms with Crippen molar-refractivity contribution in [3.8, 4) is 0 Å². The van der Waals surface area contributed by atoms with Crippen molar-refractivity contribution in [3.05, 3.63) is 0 Å². The van der Waals surface area contributed by atoms with Gasteiger partial charge in [0.1, 0.15) is 0 Å². The normalized spacial score (nSPS) is 19.9. The molecule has 132 valence electrons. The largest absolute Gasteiger partial charge is 0.383 e. The molecule has 2 amide bonds. The molecule has 2 aliphatic rings. The van der Waals surface area contributed by atoms with Crippen LogP contribution in [0.2, 0.25) is 0 Å². The van der Waals surface area contributed by atoms with E-state index in [2.05, 4.69) is 10.2 Å². The highest BCUT2D eigenvalue weighted by atomic mass is 16.5. The zero-order chi connectivity index (χ0) is 16.5. The van der Waals surface area contributed by atoms with E-state index in [1.54, 1.807) is 7.11 Å². The van der Waals surface area contributed by atoms with Crippen LogP contribution in [-0.4, -0.2) is 112 Å². The van der Waals surface area contributed by atoms with Crippen molar-refractivity contribution in [2.45, 2.75) is 0 Å². The lowest BCUT2D eigenvalue weighted by Gasteiger charge is -2.36. The molecule has 0 unspecified atom stereocenters. The van der Waals surface area contributed by atoms with Crippen LogP contribution in [0.4, 0.5) is 0 Å². The van der Waals surface area contributed by atoms with Gasteiger partial charge in [-0.3, -0.25) is 14.5 Å². The van der Waals surface area contributed by atoms with E-state index in [1.165, 1.54) is 0 Å². The Hall–Kier alpha value is -1.22. The summed E-state index contributed by atoms with van der Waals surface area (Å²) in [6.07, 6.45) is 0. The molecule has 1 N–H and O–H groups in total. The molecular formula is C15H28N4O4. The average molecular weight is 328 g/mol. The Kier molecular flexibility index (Phi) is 7.73. The highest BCUT2D eigenvalue weighted by Crippen LogP contribution is 2.05. The molecule has 8 nitrogen and oxygen atoms in total. The topological polar surface area (TPSA) is 74.4 Å². The molecule has 0 saturated carbocycles. The smallest absolute Gasteiger partial charge is 0.236 e. The molecule has 0 radical (unpaired) electrons. The van der Waals surface area contributed by atoms with Crippen LogP contribution in [0, 0.1) is 0 Å². The van der Waals surface area contributed by atoms with Gasteiger partial charge in [-0.15, -0.1) is 0 Å². The number of methoxy groups -OCH3 is 1. The first-order chi connectivity index (χ1) is 11.2. The van der Waals surface area contributed by atoms with Gasteiger partial charge in [0.05, 0.1) is 32.9 Å². The second-order valence-corrected chi connectivity index (χ2v) is 5.82. The van der Waals surface area contributed by atoms with Crippen molar-refractivity contribution in [1.29, 1.82) is 0 Å². The predicted octanol–water partition coefficient (Wildman–Crippen LogP) is -1.77. The van der Waals surface area contributed by atoms with Crippen LogP contribution in [0.1, 0.15) is 0 Å². The fourth-order valence-corrected chi connectivity index (χ4v) is 2.74. The lowest BCUT2D eigenvalue weighted by Crippen LogP contribution is -2.54. The maximum Gasteiger partial charge on any atom is 0.236 e. The Morgan fingerprint density at radius 1 is 1.00 bits per heavy atom. The molecule has 2 aliphatic heterocycles. The number of carbonyl (C=O) groups is 2. The molecular weight excluding hydrogens is 300 g/mol. The molecule has 0 atom stereocenters. The van der Waals surface area contributed by atoms with Gasteiger partial charge in [-0.2, -0.15) is 0 Å². The lowest BCUT2D eigenvalue weighted by molar-refractivity contribution is -0.140. The second kappa shape index (κ2) is 9.82. The minimum atomic E-state index is 0.0846. The van der Waals surface area contributed by atoms with E-state index in [0.29, 0.717) is 65.6 Å². The first-order valence-electron chi connectivity index (χ1n) is 8.26. The van der Waals surface area contributed by atoms with Gasteiger partial charge in [-0.25, -0.2) is 0 Å². The molecule has 0 spiro atoms. The maximum atomic E-state index is 12.3. The van der Waals surface area contributed by atoms with Crippen molar-refractivity contribution in [2.24, 2.45) is 0 Å². The summed E-state index contributed by atoms with van der Waals surface area (Å²) in [5.41, 5.74) is 0. The zero-order valence-electron chi connectivity index (χ0n) is 14.0. The summed E-state index contributed by atoms with van der Waals surface area (Å²) in [6.45, 7) is 7.53. The Bertz CT molecular complexity index is 380. The lowest BCUT2D eigenvalue weighted by atomic mass is 10.3. The van der Waals surface area contributed by atoms with Crippen molar-refractivity contribution in [3.63, 3.8) is 0 Å². The summed E-state index contributed by atoms with van der Waals surface area (Å²) < 4.78 is 10.2. The third kappa shape index (κ3) is 6.06. The Balaban J connectivity index is 1.64. The highest BCUT2D eigenvalue weighted by Gasteiger charge is 2.25. The molecule has 0 aromatic rings. The number of carbonyl (C=O) groups excluding carboxylic acids is 2. The number of nitrogens with zero attached hydrogens (tertiary/aromatic N) is 3. The quantitative estimate of drug-likeness (QED) is 0.557. The van der Waals surface area contributed by atoms with E-state index in [-0.39, 0.29) is 11.8 Å². The Morgan fingerprint density at radius 3 is 2.22 bits per heavy atom.